The smallest absolute Gasteiger partial charge is 0.0181 e. The summed E-state index contributed by atoms with van der Waals surface area (Å²) in [5.74, 6) is 2.28. The average Bonchev–Trinajstić information content (AvgIpc) is 2.83. The van der Waals surface area contributed by atoms with Gasteiger partial charge in [-0.25, -0.2) is 0 Å². The lowest BCUT2D eigenvalue weighted by atomic mass is 9.96. The van der Waals surface area contributed by atoms with Crippen LogP contribution in [0.2, 0.25) is 0 Å². The van der Waals surface area contributed by atoms with E-state index in [1.807, 2.05) is 0 Å². The van der Waals surface area contributed by atoms with Crippen LogP contribution in [0, 0.1) is 31.6 Å². The zero-order chi connectivity index (χ0) is 11.4. The van der Waals surface area contributed by atoms with Crippen molar-refractivity contribution >= 4 is 17.3 Å². The van der Waals surface area contributed by atoms with Gasteiger partial charge in [0.05, 0.1) is 0 Å². The third kappa shape index (κ3) is 2.70. The fourth-order valence-electron chi connectivity index (χ4n) is 1.72. The van der Waals surface area contributed by atoms with E-state index in [1.54, 1.807) is 11.8 Å². The minimum atomic E-state index is 0.996. The van der Waals surface area contributed by atoms with Gasteiger partial charge >= 0.3 is 0 Å². The predicted molar refractivity (Wildman–Crippen MR) is 73.4 cm³/mol. The molecule has 1 fully saturated rings. The largest absolute Gasteiger partial charge is 0.161 e. The van der Waals surface area contributed by atoms with Crippen molar-refractivity contribution in [3.8, 4) is 0 Å². The van der Waals surface area contributed by atoms with Crippen LogP contribution in [0.4, 0.5) is 0 Å². The highest BCUT2D eigenvalue weighted by Crippen LogP contribution is 2.30. The number of benzene rings is 1. The van der Waals surface area contributed by atoms with E-state index < -0.39 is 0 Å². The molecule has 0 saturated heterocycles. The monoisotopic (exact) mass is 227 g/mol. The van der Waals surface area contributed by atoms with Crippen LogP contribution in [-0.4, -0.2) is 12.0 Å². The van der Waals surface area contributed by atoms with E-state index in [2.05, 4.69) is 62.8 Å². The van der Waals surface area contributed by atoms with E-state index in [1.165, 1.54) is 22.6 Å². The molecule has 1 aliphatic rings. The van der Waals surface area contributed by atoms with Crippen molar-refractivity contribution in [2.75, 3.05) is 12.0 Å². The van der Waals surface area contributed by atoms with Crippen molar-refractivity contribution in [2.45, 2.75) is 0 Å². The van der Waals surface area contributed by atoms with Crippen LogP contribution >= 0.6 is 11.8 Å². The first-order chi connectivity index (χ1) is 7.81. The second kappa shape index (κ2) is 5.58. The first-order valence-corrected chi connectivity index (χ1v) is 6.70. The lowest BCUT2D eigenvalue weighted by molar-refractivity contribution is 1.28. The number of rotatable bonds is 4. The first kappa shape index (κ1) is 11.8. The topological polar surface area (TPSA) is 0 Å². The van der Waals surface area contributed by atoms with Gasteiger partial charge in [-0.15, -0.1) is 0 Å². The Bertz CT molecular complexity index is 344. The SMILES string of the molecule is C=C(CSC)c1ccc([C]2[CH][CH][CH][CH]2)cc1. The van der Waals surface area contributed by atoms with E-state index in [4.69, 9.17) is 0 Å². The number of hydrogen-bond acceptors (Lipinski definition) is 1. The highest BCUT2D eigenvalue weighted by Gasteiger charge is 2.18. The Morgan fingerprint density at radius 3 is 2.31 bits per heavy atom. The molecule has 0 aromatic heterocycles. The summed E-state index contributed by atoms with van der Waals surface area (Å²) in [5, 5.41) is 0. The fraction of sp³-hybridized carbons (Fsp3) is 0.133. The zero-order valence-electron chi connectivity index (χ0n) is 9.44. The maximum Gasteiger partial charge on any atom is 0.0181 e. The molecule has 81 valence electrons. The molecule has 0 heterocycles. The average molecular weight is 227 g/mol. The Hall–Kier alpha value is -0.690. The van der Waals surface area contributed by atoms with E-state index in [9.17, 15) is 0 Å². The van der Waals surface area contributed by atoms with Gasteiger partial charge in [-0.1, -0.05) is 30.8 Å². The van der Waals surface area contributed by atoms with Gasteiger partial charge in [0.1, 0.15) is 0 Å². The van der Waals surface area contributed by atoms with Crippen molar-refractivity contribution < 1.29 is 0 Å². The molecule has 0 aliphatic heterocycles. The summed E-state index contributed by atoms with van der Waals surface area (Å²) in [5.41, 5.74) is 3.71. The van der Waals surface area contributed by atoms with Gasteiger partial charge in [0.25, 0.3) is 0 Å². The summed E-state index contributed by atoms with van der Waals surface area (Å²) in [6, 6.07) is 8.63. The summed E-state index contributed by atoms with van der Waals surface area (Å²) >= 11 is 1.81. The third-order valence-corrected chi connectivity index (χ3v) is 3.24. The maximum absolute atomic E-state index is 4.09. The molecule has 1 aromatic rings. The fourth-order valence-corrected chi connectivity index (χ4v) is 2.24. The van der Waals surface area contributed by atoms with Gasteiger partial charge in [0, 0.05) is 11.7 Å². The van der Waals surface area contributed by atoms with E-state index in [0.29, 0.717) is 0 Å². The Morgan fingerprint density at radius 1 is 1.12 bits per heavy atom. The highest BCUT2D eigenvalue weighted by atomic mass is 32.2. The summed E-state index contributed by atoms with van der Waals surface area (Å²) < 4.78 is 0. The van der Waals surface area contributed by atoms with E-state index in [-0.39, 0.29) is 0 Å². The van der Waals surface area contributed by atoms with E-state index >= 15 is 0 Å². The second-order valence-corrected chi connectivity index (χ2v) is 4.65. The Kier molecular flexibility index (Phi) is 4.11. The zero-order valence-corrected chi connectivity index (χ0v) is 10.3. The minimum Gasteiger partial charge on any atom is -0.161 e. The van der Waals surface area contributed by atoms with Crippen LogP contribution in [0.5, 0.6) is 0 Å². The molecule has 1 saturated carbocycles. The molecule has 2 rings (SSSR count). The molecule has 16 heavy (non-hydrogen) atoms. The van der Waals surface area contributed by atoms with Crippen LogP contribution < -0.4 is 0 Å². The van der Waals surface area contributed by atoms with Crippen molar-refractivity contribution in [2.24, 2.45) is 0 Å². The van der Waals surface area contributed by atoms with E-state index in [0.717, 1.165) is 5.75 Å². The Balaban J connectivity index is 2.06. The molecule has 0 unspecified atom stereocenters. The standard InChI is InChI=1S/C15H15S/c1-12(11-16-2)13-7-9-15(10-8-13)14-5-3-4-6-14/h3-10H,1,11H2,2H3. The number of thioether (sulfide) groups is 1. The molecule has 0 spiro atoms. The van der Waals surface area contributed by atoms with Crippen LogP contribution in [0.1, 0.15) is 11.1 Å². The normalized spacial score (nSPS) is 16.6. The molecule has 1 heteroatoms. The molecule has 5 radical (unpaired) electrons. The van der Waals surface area contributed by atoms with Crippen molar-refractivity contribution in [1.82, 2.24) is 0 Å². The molecule has 0 nitrogen and oxygen atoms in total. The molecular weight excluding hydrogens is 212 g/mol. The predicted octanol–water partition coefficient (Wildman–Crippen LogP) is 3.82. The van der Waals surface area contributed by atoms with Gasteiger partial charge < -0.3 is 0 Å². The van der Waals surface area contributed by atoms with Crippen molar-refractivity contribution in [1.29, 1.82) is 0 Å². The highest BCUT2D eigenvalue weighted by molar-refractivity contribution is 7.99. The molecule has 1 aromatic carbocycles. The van der Waals surface area contributed by atoms with Crippen LogP contribution in [0.25, 0.3) is 5.57 Å². The summed E-state index contributed by atoms with van der Waals surface area (Å²) in [7, 11) is 0. The molecule has 1 aliphatic carbocycles. The summed E-state index contributed by atoms with van der Waals surface area (Å²) in [6.07, 6.45) is 10.5. The van der Waals surface area contributed by atoms with Crippen LogP contribution in [0.3, 0.4) is 0 Å². The van der Waals surface area contributed by atoms with Gasteiger partial charge in [-0.3, -0.25) is 0 Å². The van der Waals surface area contributed by atoms with Crippen molar-refractivity contribution in [3.05, 3.63) is 73.6 Å². The molecule has 0 bridgehead atoms. The lowest BCUT2D eigenvalue weighted by Gasteiger charge is -2.10. The molecule has 0 atom stereocenters. The second-order valence-electron chi connectivity index (χ2n) is 3.79. The quantitative estimate of drug-likeness (QED) is 0.753. The maximum atomic E-state index is 4.09. The lowest BCUT2D eigenvalue weighted by Crippen LogP contribution is -1.95. The first-order valence-electron chi connectivity index (χ1n) is 5.30. The molecule has 0 N–H and O–H groups in total. The van der Waals surface area contributed by atoms with Crippen molar-refractivity contribution in [3.63, 3.8) is 0 Å². The number of hydrogen-bond donors (Lipinski definition) is 0. The van der Waals surface area contributed by atoms with Gasteiger partial charge in [0.15, 0.2) is 0 Å². The van der Waals surface area contributed by atoms with Gasteiger partial charge in [-0.2, -0.15) is 11.8 Å². The minimum absolute atomic E-state index is 0.996. The Labute approximate surface area is 103 Å². The summed E-state index contributed by atoms with van der Waals surface area (Å²) in [4.78, 5) is 0. The summed E-state index contributed by atoms with van der Waals surface area (Å²) in [6.45, 7) is 4.09. The molecule has 0 amide bonds. The third-order valence-electron chi connectivity index (χ3n) is 2.61. The van der Waals surface area contributed by atoms with Gasteiger partial charge in [0.2, 0.25) is 0 Å². The van der Waals surface area contributed by atoms with Crippen LogP contribution in [-0.2, 0) is 0 Å². The van der Waals surface area contributed by atoms with Gasteiger partial charge in [-0.05, 0) is 48.6 Å². The molecular formula is C15H15S. The Morgan fingerprint density at radius 2 is 1.75 bits per heavy atom. The van der Waals surface area contributed by atoms with Crippen LogP contribution in [0.15, 0.2) is 30.8 Å².